The van der Waals surface area contributed by atoms with Crippen LogP contribution in [-0.4, -0.2) is 5.91 Å². The van der Waals surface area contributed by atoms with Crippen molar-refractivity contribution in [2.24, 2.45) is 0 Å². The molecule has 0 bridgehead atoms. The van der Waals surface area contributed by atoms with Crippen molar-refractivity contribution in [3.63, 3.8) is 0 Å². The number of nitrogens with one attached hydrogen (secondary N) is 1. The monoisotopic (exact) mass is 351 g/mol. The molecule has 0 saturated carbocycles. The standard InChI is InChI=1S/C16H18BrNOS/c1-10-8-15(12(3)20-10)11(2)18-16(19)14-6-4-13(9-17)5-7-14/h4-8,11H,9H2,1-3H3,(H,18,19). The normalized spacial score (nSPS) is 12.2. The first kappa shape index (κ1) is 15.3. The Balaban J connectivity index is 2.08. The van der Waals surface area contributed by atoms with Gasteiger partial charge in [-0.2, -0.15) is 0 Å². The van der Waals surface area contributed by atoms with Gasteiger partial charge in [0.25, 0.3) is 5.91 Å². The molecule has 0 saturated heterocycles. The van der Waals surface area contributed by atoms with Gasteiger partial charge in [0.1, 0.15) is 0 Å². The molecule has 2 nitrogen and oxygen atoms in total. The second-order valence-corrected chi connectivity index (χ2v) is 6.92. The zero-order valence-corrected chi connectivity index (χ0v) is 14.3. The Morgan fingerprint density at radius 2 is 1.95 bits per heavy atom. The highest BCUT2D eigenvalue weighted by atomic mass is 79.9. The molecule has 2 aromatic rings. The van der Waals surface area contributed by atoms with Crippen LogP contribution in [0.1, 0.15) is 44.2 Å². The van der Waals surface area contributed by atoms with Crippen LogP contribution in [0.3, 0.4) is 0 Å². The summed E-state index contributed by atoms with van der Waals surface area (Å²) >= 11 is 5.17. The van der Waals surface area contributed by atoms with E-state index in [9.17, 15) is 4.79 Å². The Morgan fingerprint density at radius 3 is 2.45 bits per heavy atom. The molecular formula is C16H18BrNOS. The van der Waals surface area contributed by atoms with Crippen LogP contribution in [0.4, 0.5) is 0 Å². The lowest BCUT2D eigenvalue weighted by atomic mass is 10.1. The van der Waals surface area contributed by atoms with E-state index >= 15 is 0 Å². The third-order valence-electron chi connectivity index (χ3n) is 3.26. The number of carbonyl (C=O) groups is 1. The number of carbonyl (C=O) groups excluding carboxylic acids is 1. The van der Waals surface area contributed by atoms with Crippen LogP contribution in [0.2, 0.25) is 0 Å². The molecular weight excluding hydrogens is 334 g/mol. The Labute approximate surface area is 132 Å². The van der Waals surface area contributed by atoms with Crippen LogP contribution in [0.15, 0.2) is 30.3 Å². The van der Waals surface area contributed by atoms with Gasteiger partial charge in [-0.3, -0.25) is 4.79 Å². The number of benzene rings is 1. The number of rotatable bonds is 4. The maximum Gasteiger partial charge on any atom is 0.251 e. The second kappa shape index (κ2) is 6.55. The van der Waals surface area contributed by atoms with Crippen molar-refractivity contribution < 1.29 is 4.79 Å². The van der Waals surface area contributed by atoms with E-state index in [1.807, 2.05) is 31.2 Å². The number of hydrogen-bond donors (Lipinski definition) is 1. The SMILES string of the molecule is Cc1cc(C(C)NC(=O)c2ccc(CBr)cc2)c(C)s1. The largest absolute Gasteiger partial charge is 0.345 e. The number of amides is 1. The molecule has 1 N–H and O–H groups in total. The summed E-state index contributed by atoms with van der Waals surface area (Å²) < 4.78 is 0. The number of hydrogen-bond acceptors (Lipinski definition) is 2. The van der Waals surface area contributed by atoms with Crippen LogP contribution >= 0.6 is 27.3 Å². The van der Waals surface area contributed by atoms with Crippen molar-refractivity contribution in [3.05, 3.63) is 56.8 Å². The van der Waals surface area contributed by atoms with E-state index in [4.69, 9.17) is 0 Å². The van der Waals surface area contributed by atoms with Gasteiger partial charge in [-0.05, 0) is 50.1 Å². The minimum Gasteiger partial charge on any atom is -0.345 e. The molecule has 4 heteroatoms. The van der Waals surface area contributed by atoms with Crippen molar-refractivity contribution in [2.45, 2.75) is 32.1 Å². The molecule has 106 valence electrons. The van der Waals surface area contributed by atoms with E-state index in [0.29, 0.717) is 5.56 Å². The molecule has 1 aromatic heterocycles. The molecule has 0 spiro atoms. The summed E-state index contributed by atoms with van der Waals surface area (Å²) in [5, 5.41) is 3.86. The molecule has 20 heavy (non-hydrogen) atoms. The van der Waals surface area contributed by atoms with Gasteiger partial charge in [0, 0.05) is 20.6 Å². The van der Waals surface area contributed by atoms with Crippen LogP contribution in [0.5, 0.6) is 0 Å². The zero-order valence-electron chi connectivity index (χ0n) is 11.9. The maximum absolute atomic E-state index is 12.2. The van der Waals surface area contributed by atoms with Gasteiger partial charge in [0.2, 0.25) is 0 Å². The molecule has 1 heterocycles. The third-order valence-corrected chi connectivity index (χ3v) is 4.89. The number of alkyl halides is 1. The summed E-state index contributed by atoms with van der Waals surface area (Å²) in [4.78, 5) is 14.8. The number of thiophene rings is 1. The van der Waals surface area contributed by atoms with E-state index in [1.165, 1.54) is 20.9 Å². The van der Waals surface area contributed by atoms with E-state index in [-0.39, 0.29) is 11.9 Å². The molecule has 1 aromatic carbocycles. The maximum atomic E-state index is 12.2. The highest BCUT2D eigenvalue weighted by molar-refractivity contribution is 9.08. The third kappa shape index (κ3) is 3.49. The predicted octanol–water partition coefficient (Wildman–Crippen LogP) is 4.75. The molecule has 0 aliphatic heterocycles. The van der Waals surface area contributed by atoms with E-state index in [2.05, 4.69) is 41.2 Å². The fourth-order valence-electron chi connectivity index (χ4n) is 2.18. The summed E-state index contributed by atoms with van der Waals surface area (Å²) in [5.74, 6) is -0.0260. The lowest BCUT2D eigenvalue weighted by Crippen LogP contribution is -2.26. The molecule has 0 aliphatic carbocycles. The van der Waals surface area contributed by atoms with Crippen molar-refractivity contribution in [1.29, 1.82) is 0 Å². The van der Waals surface area contributed by atoms with Gasteiger partial charge < -0.3 is 5.32 Å². The molecule has 1 unspecified atom stereocenters. The molecule has 1 atom stereocenters. The van der Waals surface area contributed by atoms with Gasteiger partial charge in [-0.25, -0.2) is 0 Å². The highest BCUT2D eigenvalue weighted by Gasteiger charge is 2.14. The summed E-state index contributed by atoms with van der Waals surface area (Å²) in [6.07, 6.45) is 0. The summed E-state index contributed by atoms with van der Waals surface area (Å²) in [6, 6.07) is 9.85. The minimum atomic E-state index is -0.0260. The average Bonchev–Trinajstić information content (AvgIpc) is 2.78. The fraction of sp³-hybridized carbons (Fsp3) is 0.312. The van der Waals surface area contributed by atoms with Crippen molar-refractivity contribution in [2.75, 3.05) is 0 Å². The number of aryl methyl sites for hydroxylation is 2. The fourth-order valence-corrected chi connectivity index (χ4v) is 3.58. The van der Waals surface area contributed by atoms with Crippen LogP contribution in [0.25, 0.3) is 0 Å². The Hall–Kier alpha value is -1.13. The van der Waals surface area contributed by atoms with Crippen LogP contribution in [0, 0.1) is 13.8 Å². The summed E-state index contributed by atoms with van der Waals surface area (Å²) in [7, 11) is 0. The van der Waals surface area contributed by atoms with E-state index in [1.54, 1.807) is 11.3 Å². The predicted molar refractivity (Wildman–Crippen MR) is 88.7 cm³/mol. The van der Waals surface area contributed by atoms with Crippen molar-refractivity contribution >= 4 is 33.2 Å². The molecule has 0 fully saturated rings. The zero-order chi connectivity index (χ0) is 14.7. The highest BCUT2D eigenvalue weighted by Crippen LogP contribution is 2.26. The first-order valence-corrected chi connectivity index (χ1v) is 8.47. The summed E-state index contributed by atoms with van der Waals surface area (Å²) in [6.45, 7) is 6.22. The Kier molecular flexibility index (Phi) is 5.00. The van der Waals surface area contributed by atoms with Crippen molar-refractivity contribution in [3.8, 4) is 0 Å². The lowest BCUT2D eigenvalue weighted by Gasteiger charge is -2.14. The average molecular weight is 352 g/mol. The summed E-state index contributed by atoms with van der Waals surface area (Å²) in [5.41, 5.74) is 3.07. The van der Waals surface area contributed by atoms with Gasteiger partial charge >= 0.3 is 0 Å². The van der Waals surface area contributed by atoms with E-state index < -0.39 is 0 Å². The molecule has 0 radical (unpaired) electrons. The molecule has 0 aliphatic rings. The second-order valence-electron chi connectivity index (χ2n) is 4.89. The van der Waals surface area contributed by atoms with Crippen LogP contribution < -0.4 is 5.32 Å². The van der Waals surface area contributed by atoms with Gasteiger partial charge in [0.05, 0.1) is 6.04 Å². The first-order chi connectivity index (χ1) is 9.51. The molecule has 1 amide bonds. The first-order valence-electron chi connectivity index (χ1n) is 6.54. The Bertz CT molecular complexity index is 603. The van der Waals surface area contributed by atoms with Gasteiger partial charge in [0.15, 0.2) is 0 Å². The quantitative estimate of drug-likeness (QED) is 0.791. The Morgan fingerprint density at radius 1 is 1.30 bits per heavy atom. The lowest BCUT2D eigenvalue weighted by molar-refractivity contribution is 0.0940. The molecule has 2 rings (SSSR count). The topological polar surface area (TPSA) is 29.1 Å². The van der Waals surface area contributed by atoms with Gasteiger partial charge in [-0.1, -0.05) is 28.1 Å². The number of halogens is 1. The van der Waals surface area contributed by atoms with Crippen LogP contribution in [-0.2, 0) is 5.33 Å². The van der Waals surface area contributed by atoms with E-state index in [0.717, 1.165) is 5.33 Å². The minimum absolute atomic E-state index is 0.0260. The van der Waals surface area contributed by atoms with Gasteiger partial charge in [-0.15, -0.1) is 11.3 Å². The van der Waals surface area contributed by atoms with Crippen molar-refractivity contribution in [1.82, 2.24) is 5.32 Å². The smallest absolute Gasteiger partial charge is 0.251 e.